The van der Waals surface area contributed by atoms with Crippen LogP contribution in [0.5, 0.6) is 5.75 Å². The summed E-state index contributed by atoms with van der Waals surface area (Å²) in [4.78, 5) is 0. The SMILES string of the molecule is [CH2]COc1ccc(B(O)c2cccs2)cc1. The highest BCUT2D eigenvalue weighted by Gasteiger charge is 2.17. The average Bonchev–Trinajstić information content (AvgIpc) is 2.83. The third-order valence-corrected chi connectivity index (χ3v) is 3.20. The van der Waals surface area contributed by atoms with Gasteiger partial charge in [0.2, 0.25) is 0 Å². The maximum Gasteiger partial charge on any atom is 0.369 e. The Balaban J connectivity index is 2.15. The molecule has 0 aliphatic carbocycles. The quantitative estimate of drug-likeness (QED) is 0.797. The summed E-state index contributed by atoms with van der Waals surface area (Å²) in [5.74, 6) is 0.775. The first-order valence-electron chi connectivity index (χ1n) is 5.04. The Morgan fingerprint density at radius 1 is 1.25 bits per heavy atom. The maximum absolute atomic E-state index is 10.1. The highest BCUT2D eigenvalue weighted by molar-refractivity contribution is 7.22. The summed E-state index contributed by atoms with van der Waals surface area (Å²) in [5.41, 5.74) is 0.874. The molecule has 0 saturated heterocycles. The second-order valence-corrected chi connectivity index (χ2v) is 4.31. The molecular formula is C12H12BO2S. The first kappa shape index (κ1) is 11.2. The van der Waals surface area contributed by atoms with Crippen LogP contribution in [0.25, 0.3) is 0 Å². The molecule has 16 heavy (non-hydrogen) atoms. The van der Waals surface area contributed by atoms with Crippen molar-refractivity contribution in [2.45, 2.75) is 0 Å². The number of ether oxygens (including phenoxy) is 1. The molecule has 1 radical (unpaired) electrons. The molecule has 2 nitrogen and oxygen atoms in total. The van der Waals surface area contributed by atoms with Crippen LogP contribution in [-0.2, 0) is 0 Å². The normalized spacial score (nSPS) is 10.1. The standard InChI is InChI=1S/C12H12BO2S/c1-2-15-11-7-5-10(6-8-11)13(14)12-4-3-9-16-12/h3-9,14H,1-2H2. The fraction of sp³-hybridized carbons (Fsp3) is 0.0833. The summed E-state index contributed by atoms with van der Waals surface area (Å²) in [7, 11) is 0. The van der Waals surface area contributed by atoms with Crippen molar-refractivity contribution in [3.8, 4) is 5.75 Å². The van der Waals surface area contributed by atoms with E-state index in [1.165, 1.54) is 0 Å². The lowest BCUT2D eigenvalue weighted by Gasteiger charge is -2.06. The molecular weight excluding hydrogens is 219 g/mol. The van der Waals surface area contributed by atoms with Crippen molar-refractivity contribution >= 4 is 28.5 Å². The predicted molar refractivity (Wildman–Crippen MR) is 68.9 cm³/mol. The number of hydrogen-bond donors (Lipinski definition) is 1. The van der Waals surface area contributed by atoms with E-state index in [-0.39, 0.29) is 0 Å². The fourth-order valence-electron chi connectivity index (χ4n) is 1.48. The summed E-state index contributed by atoms with van der Waals surface area (Å²) in [6.07, 6.45) is 0. The van der Waals surface area contributed by atoms with E-state index in [1.807, 2.05) is 41.8 Å². The van der Waals surface area contributed by atoms with Crippen molar-refractivity contribution in [2.24, 2.45) is 0 Å². The van der Waals surface area contributed by atoms with Gasteiger partial charge in [0.25, 0.3) is 0 Å². The van der Waals surface area contributed by atoms with E-state index in [4.69, 9.17) is 4.74 Å². The highest BCUT2D eigenvalue weighted by Crippen LogP contribution is 2.07. The zero-order valence-corrected chi connectivity index (χ0v) is 9.61. The van der Waals surface area contributed by atoms with Crippen LogP contribution in [0.2, 0.25) is 0 Å². The molecule has 1 aromatic carbocycles. The Kier molecular flexibility index (Phi) is 3.64. The molecule has 0 fully saturated rings. The molecule has 2 aromatic rings. The van der Waals surface area contributed by atoms with Gasteiger partial charge < -0.3 is 9.76 Å². The number of rotatable bonds is 4. The molecule has 4 heteroatoms. The zero-order chi connectivity index (χ0) is 11.4. The first-order valence-corrected chi connectivity index (χ1v) is 5.92. The smallest absolute Gasteiger partial charge is 0.369 e. The summed E-state index contributed by atoms with van der Waals surface area (Å²) in [6.45, 7) is 3.47. The lowest BCUT2D eigenvalue weighted by molar-refractivity contribution is 0.361. The number of thiophene rings is 1. The van der Waals surface area contributed by atoms with Crippen molar-refractivity contribution in [1.82, 2.24) is 0 Å². The summed E-state index contributed by atoms with van der Waals surface area (Å²) in [6, 6.07) is 11.3. The van der Waals surface area contributed by atoms with Gasteiger partial charge in [0.15, 0.2) is 0 Å². The molecule has 1 N–H and O–H groups in total. The van der Waals surface area contributed by atoms with Gasteiger partial charge in [0.1, 0.15) is 5.75 Å². The zero-order valence-electron chi connectivity index (χ0n) is 8.80. The molecule has 0 spiro atoms. The second-order valence-electron chi connectivity index (χ2n) is 3.34. The van der Waals surface area contributed by atoms with Gasteiger partial charge in [-0.2, -0.15) is 11.3 Å². The fourth-order valence-corrected chi connectivity index (χ4v) is 2.21. The van der Waals surface area contributed by atoms with Gasteiger partial charge >= 0.3 is 6.92 Å². The maximum atomic E-state index is 10.1. The van der Waals surface area contributed by atoms with Gasteiger partial charge in [-0.1, -0.05) is 24.3 Å². The van der Waals surface area contributed by atoms with Gasteiger partial charge in [0, 0.05) is 4.78 Å². The van der Waals surface area contributed by atoms with E-state index >= 15 is 0 Å². The Morgan fingerprint density at radius 3 is 2.56 bits per heavy atom. The lowest BCUT2D eigenvalue weighted by Crippen LogP contribution is -2.40. The lowest BCUT2D eigenvalue weighted by atomic mass is 9.60. The Morgan fingerprint density at radius 2 is 2.00 bits per heavy atom. The molecule has 0 aliphatic heterocycles. The summed E-state index contributed by atoms with van der Waals surface area (Å²) in [5, 5.41) is 12.0. The van der Waals surface area contributed by atoms with Crippen LogP contribution < -0.4 is 15.0 Å². The van der Waals surface area contributed by atoms with Crippen LogP contribution in [-0.4, -0.2) is 18.5 Å². The van der Waals surface area contributed by atoms with Gasteiger partial charge in [-0.25, -0.2) is 0 Å². The van der Waals surface area contributed by atoms with E-state index in [2.05, 4.69) is 6.92 Å². The van der Waals surface area contributed by atoms with E-state index in [0.29, 0.717) is 6.61 Å². The molecule has 1 aromatic heterocycles. The Hall–Kier alpha value is -1.26. The van der Waals surface area contributed by atoms with Crippen LogP contribution in [0, 0.1) is 6.92 Å². The van der Waals surface area contributed by atoms with Crippen LogP contribution in [0.3, 0.4) is 0 Å². The molecule has 81 valence electrons. The molecule has 0 amide bonds. The summed E-state index contributed by atoms with van der Waals surface area (Å²) < 4.78 is 6.19. The van der Waals surface area contributed by atoms with Crippen molar-refractivity contribution < 1.29 is 9.76 Å². The van der Waals surface area contributed by atoms with E-state index < -0.39 is 6.92 Å². The predicted octanol–water partition coefficient (Wildman–Crippen LogP) is 1.06. The van der Waals surface area contributed by atoms with E-state index in [9.17, 15) is 5.02 Å². The molecule has 0 unspecified atom stereocenters. The molecule has 0 atom stereocenters. The highest BCUT2D eigenvalue weighted by atomic mass is 32.1. The number of hydrogen-bond acceptors (Lipinski definition) is 3. The third kappa shape index (κ3) is 2.46. The van der Waals surface area contributed by atoms with E-state index in [1.54, 1.807) is 11.3 Å². The minimum Gasteiger partial charge on any atom is -0.494 e. The molecule has 0 saturated carbocycles. The monoisotopic (exact) mass is 231 g/mol. The Bertz CT molecular complexity index is 425. The van der Waals surface area contributed by atoms with Crippen LogP contribution >= 0.6 is 11.3 Å². The van der Waals surface area contributed by atoms with Crippen molar-refractivity contribution in [3.63, 3.8) is 0 Å². The van der Waals surface area contributed by atoms with Crippen LogP contribution in [0.15, 0.2) is 41.8 Å². The van der Waals surface area contributed by atoms with Crippen molar-refractivity contribution in [1.29, 1.82) is 0 Å². The third-order valence-electron chi connectivity index (χ3n) is 2.28. The first-order chi connectivity index (χ1) is 7.81. The van der Waals surface area contributed by atoms with Crippen LogP contribution in [0.4, 0.5) is 0 Å². The second kappa shape index (κ2) is 5.19. The van der Waals surface area contributed by atoms with Gasteiger partial charge in [0.05, 0.1) is 6.61 Å². The molecule has 1 heterocycles. The van der Waals surface area contributed by atoms with E-state index in [0.717, 1.165) is 16.0 Å². The van der Waals surface area contributed by atoms with Crippen molar-refractivity contribution in [2.75, 3.05) is 6.61 Å². The average molecular weight is 231 g/mol. The van der Waals surface area contributed by atoms with Gasteiger partial charge in [-0.05, 0) is 29.9 Å². The van der Waals surface area contributed by atoms with Crippen molar-refractivity contribution in [3.05, 3.63) is 48.7 Å². The molecule has 0 bridgehead atoms. The van der Waals surface area contributed by atoms with Gasteiger partial charge in [-0.15, -0.1) is 0 Å². The van der Waals surface area contributed by atoms with Crippen LogP contribution in [0.1, 0.15) is 0 Å². The topological polar surface area (TPSA) is 29.5 Å². The molecule has 0 aliphatic rings. The largest absolute Gasteiger partial charge is 0.494 e. The minimum absolute atomic E-state index is 0.410. The molecule has 2 rings (SSSR count). The van der Waals surface area contributed by atoms with Gasteiger partial charge in [-0.3, -0.25) is 0 Å². The summed E-state index contributed by atoms with van der Waals surface area (Å²) >= 11 is 1.55. The minimum atomic E-state index is -0.547. The Labute approximate surface area is 99.6 Å². The number of benzene rings is 1.